The zero-order chi connectivity index (χ0) is 15.4. The molecule has 112 valence electrons. The van der Waals surface area contributed by atoms with E-state index in [0.717, 1.165) is 17.7 Å². The standard InChI is InChI=1S/C11H17NO.C3H8O.C2H6/c1-8(2)6-11(13)10-5-4-9(3)12-7-10;1-3(2)4;1-2/h4-5,7-8,11,13H,6H2,1-3H3;3-4H,1-2H3;1-2H3. The molecule has 0 aliphatic rings. The average molecular weight is 269 g/mol. The third kappa shape index (κ3) is 13.3. The van der Waals surface area contributed by atoms with Crippen LogP contribution in [0.3, 0.4) is 0 Å². The summed E-state index contributed by atoms with van der Waals surface area (Å²) in [5.74, 6) is 0.510. The molecule has 0 aliphatic carbocycles. The zero-order valence-electron chi connectivity index (χ0n) is 13.5. The molecule has 2 N–H and O–H groups in total. The van der Waals surface area contributed by atoms with Crippen molar-refractivity contribution in [1.82, 2.24) is 4.98 Å². The van der Waals surface area contributed by atoms with E-state index in [9.17, 15) is 5.11 Å². The van der Waals surface area contributed by atoms with Crippen molar-refractivity contribution in [3.63, 3.8) is 0 Å². The largest absolute Gasteiger partial charge is 0.394 e. The van der Waals surface area contributed by atoms with Gasteiger partial charge in [0.15, 0.2) is 0 Å². The number of aryl methyl sites for hydroxylation is 1. The van der Waals surface area contributed by atoms with Gasteiger partial charge in [0.25, 0.3) is 0 Å². The van der Waals surface area contributed by atoms with Gasteiger partial charge in [-0.2, -0.15) is 0 Å². The minimum Gasteiger partial charge on any atom is -0.394 e. The predicted octanol–water partition coefficient (Wildman–Crippen LogP) is 3.88. The second-order valence-electron chi connectivity index (χ2n) is 4.97. The molecule has 0 amide bonds. The van der Waals surface area contributed by atoms with E-state index in [1.54, 1.807) is 20.0 Å². The van der Waals surface area contributed by atoms with Crippen LogP contribution in [0.2, 0.25) is 0 Å². The van der Waals surface area contributed by atoms with Crippen LogP contribution in [0.15, 0.2) is 18.3 Å². The quantitative estimate of drug-likeness (QED) is 0.875. The lowest BCUT2D eigenvalue weighted by Crippen LogP contribution is -2.02. The molecule has 0 fully saturated rings. The van der Waals surface area contributed by atoms with Crippen LogP contribution >= 0.6 is 0 Å². The maximum Gasteiger partial charge on any atom is 0.0807 e. The fraction of sp³-hybridized carbons (Fsp3) is 0.688. The molecular weight excluding hydrogens is 238 g/mol. The smallest absolute Gasteiger partial charge is 0.0807 e. The van der Waals surface area contributed by atoms with E-state index in [0.29, 0.717) is 5.92 Å². The number of hydrogen-bond acceptors (Lipinski definition) is 3. The zero-order valence-corrected chi connectivity index (χ0v) is 13.5. The second kappa shape index (κ2) is 12.1. The molecule has 19 heavy (non-hydrogen) atoms. The Hall–Kier alpha value is -0.930. The van der Waals surface area contributed by atoms with Crippen LogP contribution in [0.4, 0.5) is 0 Å². The fourth-order valence-electron chi connectivity index (χ4n) is 1.26. The van der Waals surface area contributed by atoms with Gasteiger partial charge in [0.2, 0.25) is 0 Å². The van der Waals surface area contributed by atoms with Gasteiger partial charge in [-0.15, -0.1) is 0 Å². The first-order valence-corrected chi connectivity index (χ1v) is 7.11. The maximum absolute atomic E-state index is 9.74. The molecule has 0 radical (unpaired) electrons. The van der Waals surface area contributed by atoms with E-state index in [1.807, 2.05) is 32.9 Å². The van der Waals surface area contributed by atoms with Gasteiger partial charge in [0.05, 0.1) is 6.10 Å². The lowest BCUT2D eigenvalue weighted by molar-refractivity contribution is 0.150. The number of aromatic nitrogens is 1. The maximum atomic E-state index is 9.74. The Morgan fingerprint density at radius 3 is 1.84 bits per heavy atom. The molecule has 1 aromatic heterocycles. The van der Waals surface area contributed by atoms with E-state index in [1.165, 1.54) is 0 Å². The Labute approximate surface area is 118 Å². The van der Waals surface area contributed by atoms with Crippen LogP contribution in [-0.4, -0.2) is 21.3 Å². The van der Waals surface area contributed by atoms with E-state index in [2.05, 4.69) is 18.8 Å². The van der Waals surface area contributed by atoms with Gasteiger partial charge in [0, 0.05) is 18.0 Å². The van der Waals surface area contributed by atoms with E-state index in [-0.39, 0.29) is 12.2 Å². The molecule has 0 aromatic carbocycles. The number of aliphatic hydroxyl groups is 2. The number of rotatable bonds is 3. The number of aliphatic hydroxyl groups excluding tert-OH is 2. The molecule has 1 rings (SSSR count). The van der Waals surface area contributed by atoms with Crippen molar-refractivity contribution in [3.8, 4) is 0 Å². The molecular formula is C16H31NO2. The SMILES string of the molecule is CC.CC(C)O.Cc1ccc(C(O)CC(C)C)cn1. The molecule has 0 saturated carbocycles. The summed E-state index contributed by atoms with van der Waals surface area (Å²) in [7, 11) is 0. The van der Waals surface area contributed by atoms with Crippen LogP contribution in [0.1, 0.15) is 65.3 Å². The Bertz CT molecular complexity index is 291. The summed E-state index contributed by atoms with van der Waals surface area (Å²) in [4.78, 5) is 4.15. The monoisotopic (exact) mass is 269 g/mol. The van der Waals surface area contributed by atoms with Crippen molar-refractivity contribution in [2.24, 2.45) is 5.92 Å². The van der Waals surface area contributed by atoms with Gasteiger partial charge < -0.3 is 10.2 Å². The summed E-state index contributed by atoms with van der Waals surface area (Å²) < 4.78 is 0. The minimum atomic E-state index is -0.368. The molecule has 0 spiro atoms. The highest BCUT2D eigenvalue weighted by atomic mass is 16.3. The number of pyridine rings is 1. The van der Waals surface area contributed by atoms with Crippen molar-refractivity contribution in [2.75, 3.05) is 0 Å². The van der Waals surface area contributed by atoms with E-state index >= 15 is 0 Å². The normalized spacial score (nSPS) is 11.3. The Morgan fingerprint density at radius 1 is 1.05 bits per heavy atom. The number of hydrogen-bond donors (Lipinski definition) is 2. The topological polar surface area (TPSA) is 53.4 Å². The predicted molar refractivity (Wildman–Crippen MR) is 82.1 cm³/mol. The molecule has 1 aromatic rings. The summed E-state index contributed by atoms with van der Waals surface area (Å²) in [5.41, 5.74) is 1.90. The van der Waals surface area contributed by atoms with Crippen molar-refractivity contribution in [3.05, 3.63) is 29.6 Å². The summed E-state index contributed by atoms with van der Waals surface area (Å²) in [6.07, 6.45) is 2.01. The van der Waals surface area contributed by atoms with Gasteiger partial charge in [-0.25, -0.2) is 0 Å². The third-order valence-electron chi connectivity index (χ3n) is 2.01. The summed E-state index contributed by atoms with van der Waals surface area (Å²) in [5, 5.41) is 17.8. The summed E-state index contributed by atoms with van der Waals surface area (Å²) in [6, 6.07) is 3.87. The average Bonchev–Trinajstić information content (AvgIpc) is 2.30. The van der Waals surface area contributed by atoms with Gasteiger partial charge in [0.1, 0.15) is 0 Å². The number of nitrogens with zero attached hydrogens (tertiary/aromatic N) is 1. The van der Waals surface area contributed by atoms with Gasteiger partial charge >= 0.3 is 0 Å². The summed E-state index contributed by atoms with van der Waals surface area (Å²) >= 11 is 0. The lowest BCUT2D eigenvalue weighted by Gasteiger charge is -2.12. The van der Waals surface area contributed by atoms with Gasteiger partial charge in [-0.1, -0.05) is 33.8 Å². The molecule has 1 unspecified atom stereocenters. The molecule has 0 saturated heterocycles. The van der Waals surface area contributed by atoms with E-state index < -0.39 is 0 Å². The second-order valence-corrected chi connectivity index (χ2v) is 4.97. The molecule has 3 nitrogen and oxygen atoms in total. The van der Waals surface area contributed by atoms with Crippen LogP contribution in [-0.2, 0) is 0 Å². The third-order valence-corrected chi connectivity index (χ3v) is 2.01. The first-order chi connectivity index (χ1) is 8.82. The molecule has 0 aliphatic heterocycles. The molecule has 1 atom stereocenters. The fourth-order valence-corrected chi connectivity index (χ4v) is 1.26. The summed E-state index contributed by atoms with van der Waals surface area (Å²) in [6.45, 7) is 13.6. The van der Waals surface area contributed by atoms with Crippen LogP contribution in [0, 0.1) is 12.8 Å². The highest BCUT2D eigenvalue weighted by Gasteiger charge is 2.09. The first kappa shape index (κ1) is 20.4. The Balaban J connectivity index is 0. The Morgan fingerprint density at radius 2 is 1.53 bits per heavy atom. The van der Waals surface area contributed by atoms with E-state index in [4.69, 9.17) is 5.11 Å². The minimum absolute atomic E-state index is 0.167. The van der Waals surface area contributed by atoms with Gasteiger partial charge in [-0.05, 0) is 44.7 Å². The van der Waals surface area contributed by atoms with Crippen molar-refractivity contribution < 1.29 is 10.2 Å². The molecule has 3 heteroatoms. The van der Waals surface area contributed by atoms with Crippen LogP contribution in [0.5, 0.6) is 0 Å². The highest BCUT2D eigenvalue weighted by molar-refractivity contribution is 5.15. The van der Waals surface area contributed by atoms with Crippen LogP contribution < -0.4 is 0 Å². The van der Waals surface area contributed by atoms with Crippen molar-refractivity contribution in [1.29, 1.82) is 0 Å². The van der Waals surface area contributed by atoms with Crippen molar-refractivity contribution >= 4 is 0 Å². The van der Waals surface area contributed by atoms with Crippen LogP contribution in [0.25, 0.3) is 0 Å². The molecule has 1 heterocycles. The molecule has 0 bridgehead atoms. The highest BCUT2D eigenvalue weighted by Crippen LogP contribution is 2.19. The Kier molecular flexibility index (Phi) is 13.0. The van der Waals surface area contributed by atoms with Crippen molar-refractivity contribution in [2.45, 2.75) is 67.1 Å². The first-order valence-electron chi connectivity index (χ1n) is 7.11. The van der Waals surface area contributed by atoms with Gasteiger partial charge in [-0.3, -0.25) is 4.98 Å². The lowest BCUT2D eigenvalue weighted by atomic mass is 10.0.